The normalized spacial score (nSPS) is 9.81. The molecule has 21 heavy (non-hydrogen) atoms. The zero-order chi connectivity index (χ0) is 15.2. The standard InChI is InChI=1S/C15H14FN3OS/c1-10(20)17-13-3-2-4-14(9-13)19-15(21)18-12-7-5-11(16)6-8-12/h2-9H,1H3,(H,17,20)(H2,18,19,21). The number of thiocarbonyl (C=S) groups is 1. The summed E-state index contributed by atoms with van der Waals surface area (Å²) in [7, 11) is 0. The molecule has 2 aromatic rings. The number of carbonyl (C=O) groups is 1. The van der Waals surface area contributed by atoms with Gasteiger partial charge in [0.2, 0.25) is 5.91 Å². The minimum Gasteiger partial charge on any atom is -0.332 e. The average molecular weight is 303 g/mol. The molecule has 0 spiro atoms. The van der Waals surface area contributed by atoms with Crippen LogP contribution in [0.25, 0.3) is 0 Å². The number of carbonyl (C=O) groups excluding carboxylic acids is 1. The number of anilines is 3. The number of hydrogen-bond donors (Lipinski definition) is 3. The van der Waals surface area contributed by atoms with E-state index in [1.807, 2.05) is 6.07 Å². The molecule has 0 saturated heterocycles. The molecule has 108 valence electrons. The molecule has 4 nitrogen and oxygen atoms in total. The van der Waals surface area contributed by atoms with E-state index < -0.39 is 0 Å². The van der Waals surface area contributed by atoms with Gasteiger partial charge < -0.3 is 16.0 Å². The maximum Gasteiger partial charge on any atom is 0.221 e. The van der Waals surface area contributed by atoms with Crippen LogP contribution in [0.4, 0.5) is 21.5 Å². The van der Waals surface area contributed by atoms with Crippen LogP contribution in [0.15, 0.2) is 48.5 Å². The summed E-state index contributed by atoms with van der Waals surface area (Å²) in [5, 5.41) is 9.00. The number of rotatable bonds is 3. The molecule has 0 aliphatic heterocycles. The molecule has 0 bridgehead atoms. The summed E-state index contributed by atoms with van der Waals surface area (Å²) in [5.74, 6) is -0.443. The van der Waals surface area contributed by atoms with Crippen LogP contribution in [0.1, 0.15) is 6.92 Å². The molecule has 3 N–H and O–H groups in total. The number of nitrogens with one attached hydrogen (secondary N) is 3. The Hall–Kier alpha value is -2.47. The molecule has 0 fully saturated rings. The molecular weight excluding hydrogens is 289 g/mol. The Morgan fingerprint density at radius 3 is 2.14 bits per heavy atom. The van der Waals surface area contributed by atoms with Gasteiger partial charge in [0.1, 0.15) is 5.82 Å². The van der Waals surface area contributed by atoms with Crippen LogP contribution in [0.2, 0.25) is 0 Å². The molecule has 0 aromatic heterocycles. The van der Waals surface area contributed by atoms with Gasteiger partial charge in [0, 0.05) is 24.0 Å². The number of halogens is 1. The number of amides is 1. The fourth-order valence-corrected chi connectivity index (χ4v) is 1.94. The maximum absolute atomic E-state index is 12.8. The highest BCUT2D eigenvalue weighted by Gasteiger charge is 2.01. The first kappa shape index (κ1) is 14.9. The van der Waals surface area contributed by atoms with E-state index in [0.29, 0.717) is 16.5 Å². The zero-order valence-electron chi connectivity index (χ0n) is 11.3. The van der Waals surface area contributed by atoms with Gasteiger partial charge in [0.15, 0.2) is 5.11 Å². The van der Waals surface area contributed by atoms with Gasteiger partial charge in [-0.1, -0.05) is 6.07 Å². The van der Waals surface area contributed by atoms with Crippen LogP contribution >= 0.6 is 12.2 Å². The Morgan fingerprint density at radius 2 is 1.52 bits per heavy atom. The molecule has 0 aliphatic carbocycles. The number of benzene rings is 2. The molecule has 2 rings (SSSR count). The Morgan fingerprint density at radius 1 is 0.952 bits per heavy atom. The summed E-state index contributed by atoms with van der Waals surface area (Å²) in [4.78, 5) is 11.0. The summed E-state index contributed by atoms with van der Waals surface area (Å²) < 4.78 is 12.8. The van der Waals surface area contributed by atoms with E-state index in [9.17, 15) is 9.18 Å². The van der Waals surface area contributed by atoms with Crippen LogP contribution in [0.3, 0.4) is 0 Å². The molecule has 0 atom stereocenters. The van der Waals surface area contributed by atoms with Crippen molar-refractivity contribution < 1.29 is 9.18 Å². The molecule has 0 saturated carbocycles. The monoisotopic (exact) mass is 303 g/mol. The van der Waals surface area contributed by atoms with Crippen molar-refractivity contribution in [2.24, 2.45) is 0 Å². The predicted octanol–water partition coefficient (Wildman–Crippen LogP) is 3.59. The minimum atomic E-state index is -0.303. The van der Waals surface area contributed by atoms with Crippen molar-refractivity contribution in [3.05, 3.63) is 54.3 Å². The van der Waals surface area contributed by atoms with Gasteiger partial charge in [0.25, 0.3) is 0 Å². The highest BCUT2D eigenvalue weighted by atomic mass is 32.1. The Labute approximate surface area is 127 Å². The molecule has 0 heterocycles. The van der Waals surface area contributed by atoms with Crippen molar-refractivity contribution in [2.75, 3.05) is 16.0 Å². The van der Waals surface area contributed by atoms with Crippen molar-refractivity contribution in [3.8, 4) is 0 Å². The fourth-order valence-electron chi connectivity index (χ4n) is 1.70. The SMILES string of the molecule is CC(=O)Nc1cccc(NC(=S)Nc2ccc(F)cc2)c1. The van der Waals surface area contributed by atoms with E-state index in [0.717, 1.165) is 5.69 Å². The van der Waals surface area contributed by atoms with Gasteiger partial charge in [-0.25, -0.2) is 4.39 Å². The van der Waals surface area contributed by atoms with Crippen LogP contribution in [-0.4, -0.2) is 11.0 Å². The van der Waals surface area contributed by atoms with Crippen LogP contribution < -0.4 is 16.0 Å². The van der Waals surface area contributed by atoms with Crippen molar-refractivity contribution >= 4 is 40.3 Å². The Bertz CT molecular complexity index is 658. The second-order valence-corrected chi connectivity index (χ2v) is 4.76. The molecule has 2 aromatic carbocycles. The van der Waals surface area contributed by atoms with E-state index in [-0.39, 0.29) is 11.7 Å². The first-order valence-corrected chi connectivity index (χ1v) is 6.65. The zero-order valence-corrected chi connectivity index (χ0v) is 12.1. The molecule has 6 heteroatoms. The summed E-state index contributed by atoms with van der Waals surface area (Å²) in [6.07, 6.45) is 0. The van der Waals surface area contributed by atoms with Gasteiger partial charge in [-0.15, -0.1) is 0 Å². The van der Waals surface area contributed by atoms with E-state index >= 15 is 0 Å². The summed E-state index contributed by atoms with van der Waals surface area (Å²) in [6, 6.07) is 13.1. The van der Waals surface area contributed by atoms with E-state index in [1.54, 1.807) is 30.3 Å². The molecular formula is C15H14FN3OS. The van der Waals surface area contributed by atoms with Crippen molar-refractivity contribution in [1.82, 2.24) is 0 Å². The average Bonchev–Trinajstić information content (AvgIpc) is 2.41. The third-order valence-electron chi connectivity index (χ3n) is 2.54. The number of hydrogen-bond acceptors (Lipinski definition) is 2. The van der Waals surface area contributed by atoms with Crippen LogP contribution in [0.5, 0.6) is 0 Å². The first-order valence-electron chi connectivity index (χ1n) is 6.24. The van der Waals surface area contributed by atoms with E-state index in [4.69, 9.17) is 12.2 Å². The highest BCUT2D eigenvalue weighted by molar-refractivity contribution is 7.80. The maximum atomic E-state index is 12.8. The largest absolute Gasteiger partial charge is 0.332 e. The second-order valence-electron chi connectivity index (χ2n) is 4.35. The lowest BCUT2D eigenvalue weighted by atomic mass is 10.2. The lowest BCUT2D eigenvalue weighted by Crippen LogP contribution is -2.19. The quantitative estimate of drug-likeness (QED) is 0.759. The molecule has 0 unspecified atom stereocenters. The van der Waals surface area contributed by atoms with Gasteiger partial charge >= 0.3 is 0 Å². The fraction of sp³-hybridized carbons (Fsp3) is 0.0667. The Balaban J connectivity index is 1.99. The first-order chi connectivity index (χ1) is 10.0. The third kappa shape index (κ3) is 4.85. The lowest BCUT2D eigenvalue weighted by molar-refractivity contribution is -0.114. The van der Waals surface area contributed by atoms with Gasteiger partial charge in [-0.2, -0.15) is 0 Å². The van der Waals surface area contributed by atoms with E-state index in [2.05, 4.69) is 16.0 Å². The predicted molar refractivity (Wildman–Crippen MR) is 87.0 cm³/mol. The van der Waals surface area contributed by atoms with Crippen molar-refractivity contribution in [2.45, 2.75) is 6.92 Å². The van der Waals surface area contributed by atoms with Gasteiger partial charge in [0.05, 0.1) is 0 Å². The smallest absolute Gasteiger partial charge is 0.221 e. The Kier molecular flexibility index (Phi) is 4.84. The summed E-state index contributed by atoms with van der Waals surface area (Å²) >= 11 is 5.18. The minimum absolute atomic E-state index is 0.140. The highest BCUT2D eigenvalue weighted by Crippen LogP contribution is 2.16. The van der Waals surface area contributed by atoms with E-state index in [1.165, 1.54) is 19.1 Å². The molecule has 1 amide bonds. The molecule has 0 radical (unpaired) electrons. The van der Waals surface area contributed by atoms with Crippen LogP contribution in [-0.2, 0) is 4.79 Å². The van der Waals surface area contributed by atoms with Crippen molar-refractivity contribution in [1.29, 1.82) is 0 Å². The molecule has 0 aliphatic rings. The summed E-state index contributed by atoms with van der Waals surface area (Å²) in [5.41, 5.74) is 2.10. The third-order valence-corrected chi connectivity index (χ3v) is 2.75. The topological polar surface area (TPSA) is 53.2 Å². The van der Waals surface area contributed by atoms with Crippen molar-refractivity contribution in [3.63, 3.8) is 0 Å². The lowest BCUT2D eigenvalue weighted by Gasteiger charge is -2.11. The van der Waals surface area contributed by atoms with Gasteiger partial charge in [-0.05, 0) is 54.7 Å². The second kappa shape index (κ2) is 6.81. The van der Waals surface area contributed by atoms with Crippen LogP contribution in [0, 0.1) is 5.82 Å². The summed E-state index contributed by atoms with van der Waals surface area (Å²) in [6.45, 7) is 1.45. The van der Waals surface area contributed by atoms with Gasteiger partial charge in [-0.3, -0.25) is 4.79 Å².